The zero-order valence-corrected chi connectivity index (χ0v) is 12.6. The van der Waals surface area contributed by atoms with Gasteiger partial charge in [-0.15, -0.1) is 0 Å². The van der Waals surface area contributed by atoms with Crippen molar-refractivity contribution in [2.45, 2.75) is 52.1 Å². The van der Waals surface area contributed by atoms with Crippen molar-refractivity contribution in [3.8, 4) is 0 Å². The number of hydrogen-bond donors (Lipinski definition) is 3. The average Bonchev–Trinajstić information content (AvgIpc) is 2.35. The molecule has 0 spiro atoms. The number of carbonyl (C=O) groups excluding carboxylic acids is 2. The van der Waals surface area contributed by atoms with Crippen LogP contribution < -0.4 is 10.6 Å². The van der Waals surface area contributed by atoms with Crippen LogP contribution in [0.5, 0.6) is 0 Å². The highest BCUT2D eigenvalue weighted by Gasteiger charge is 2.19. The molecule has 2 atom stereocenters. The van der Waals surface area contributed by atoms with Crippen LogP contribution in [0.1, 0.15) is 40.0 Å². The predicted octanol–water partition coefficient (Wildman–Crippen LogP) is 0.796. The van der Waals surface area contributed by atoms with Gasteiger partial charge in [0.2, 0.25) is 5.91 Å². The van der Waals surface area contributed by atoms with Crippen LogP contribution in [0.25, 0.3) is 0 Å². The van der Waals surface area contributed by atoms with Gasteiger partial charge in [-0.2, -0.15) is 0 Å². The number of aliphatic carboxylic acids is 1. The smallest absolute Gasteiger partial charge is 0.315 e. The number of hydrogen-bond acceptors (Lipinski definition) is 3. The van der Waals surface area contributed by atoms with E-state index < -0.39 is 18.0 Å². The molecule has 7 heteroatoms. The van der Waals surface area contributed by atoms with Gasteiger partial charge in [-0.25, -0.2) is 4.79 Å². The molecule has 3 N–H and O–H groups in total. The Hall–Kier alpha value is -1.79. The lowest BCUT2D eigenvalue weighted by Gasteiger charge is -2.22. The van der Waals surface area contributed by atoms with Crippen LogP contribution in [0.3, 0.4) is 0 Å². The summed E-state index contributed by atoms with van der Waals surface area (Å²) in [5.74, 6) is -0.996. The first-order chi connectivity index (χ1) is 9.27. The van der Waals surface area contributed by atoms with E-state index >= 15 is 0 Å². The van der Waals surface area contributed by atoms with Gasteiger partial charge in [0.25, 0.3) is 0 Å². The van der Waals surface area contributed by atoms with Crippen LogP contribution in [-0.2, 0) is 9.59 Å². The fourth-order valence-corrected chi connectivity index (χ4v) is 1.64. The molecule has 0 aromatic rings. The minimum absolute atomic E-state index is 0.0871. The van der Waals surface area contributed by atoms with Gasteiger partial charge in [-0.1, -0.05) is 0 Å². The molecule has 0 aromatic carbocycles. The van der Waals surface area contributed by atoms with Crippen LogP contribution >= 0.6 is 0 Å². The maximum atomic E-state index is 11.8. The number of carboxylic acid groups (broad SMARTS) is 1. The van der Waals surface area contributed by atoms with E-state index in [-0.39, 0.29) is 18.4 Å². The monoisotopic (exact) mass is 287 g/mol. The van der Waals surface area contributed by atoms with Gasteiger partial charge in [0.1, 0.15) is 6.04 Å². The Morgan fingerprint density at radius 1 is 1.20 bits per heavy atom. The SMILES string of the molecule is CCN(C)C(=O)C(C)NC(=O)NC(C)CCCC(=O)O. The molecule has 0 heterocycles. The summed E-state index contributed by atoms with van der Waals surface area (Å²) in [5.41, 5.74) is 0. The summed E-state index contributed by atoms with van der Waals surface area (Å²) in [6, 6.07) is -1.15. The summed E-state index contributed by atoms with van der Waals surface area (Å²) >= 11 is 0. The van der Waals surface area contributed by atoms with Gasteiger partial charge in [0, 0.05) is 26.1 Å². The highest BCUT2D eigenvalue weighted by atomic mass is 16.4. The van der Waals surface area contributed by atoms with Gasteiger partial charge in [0.15, 0.2) is 0 Å². The number of likely N-dealkylation sites (N-methyl/N-ethyl adjacent to an activating group) is 1. The third kappa shape index (κ3) is 7.60. The number of amides is 3. The lowest BCUT2D eigenvalue weighted by atomic mass is 10.1. The van der Waals surface area contributed by atoms with Crippen molar-refractivity contribution in [3.63, 3.8) is 0 Å². The van der Waals surface area contributed by atoms with Crippen LogP contribution in [0.2, 0.25) is 0 Å². The molecular weight excluding hydrogens is 262 g/mol. The quantitative estimate of drug-likeness (QED) is 0.615. The van der Waals surface area contributed by atoms with E-state index in [4.69, 9.17) is 5.11 Å². The molecule has 0 fully saturated rings. The molecule has 20 heavy (non-hydrogen) atoms. The molecule has 2 unspecified atom stereocenters. The summed E-state index contributed by atoms with van der Waals surface area (Å²) in [4.78, 5) is 35.3. The van der Waals surface area contributed by atoms with Gasteiger partial charge in [0.05, 0.1) is 0 Å². The van der Waals surface area contributed by atoms with Crippen molar-refractivity contribution in [3.05, 3.63) is 0 Å². The van der Waals surface area contributed by atoms with Gasteiger partial charge < -0.3 is 20.6 Å². The first kappa shape index (κ1) is 18.2. The minimum atomic E-state index is -0.844. The van der Waals surface area contributed by atoms with E-state index in [9.17, 15) is 14.4 Å². The molecule has 0 aliphatic heterocycles. The molecule has 0 saturated heterocycles. The molecule has 0 aliphatic rings. The Balaban J connectivity index is 4.03. The van der Waals surface area contributed by atoms with Crippen molar-refractivity contribution in [2.24, 2.45) is 0 Å². The maximum absolute atomic E-state index is 11.8. The molecule has 0 aromatic heterocycles. The van der Waals surface area contributed by atoms with Crippen LogP contribution in [0, 0.1) is 0 Å². The van der Waals surface area contributed by atoms with Crippen LogP contribution in [-0.4, -0.2) is 53.6 Å². The molecule has 7 nitrogen and oxygen atoms in total. The van der Waals surface area contributed by atoms with Gasteiger partial charge in [-0.3, -0.25) is 9.59 Å². The minimum Gasteiger partial charge on any atom is -0.481 e. The average molecular weight is 287 g/mol. The fourth-order valence-electron chi connectivity index (χ4n) is 1.64. The number of nitrogens with one attached hydrogen (secondary N) is 2. The number of carbonyl (C=O) groups is 3. The molecule has 0 bridgehead atoms. The largest absolute Gasteiger partial charge is 0.481 e. The summed E-state index contributed by atoms with van der Waals surface area (Å²) in [5, 5.41) is 13.8. The lowest BCUT2D eigenvalue weighted by Crippen LogP contribution is -2.50. The third-order valence-corrected chi connectivity index (χ3v) is 2.97. The third-order valence-electron chi connectivity index (χ3n) is 2.97. The predicted molar refractivity (Wildman–Crippen MR) is 75.4 cm³/mol. The first-order valence-electron chi connectivity index (χ1n) is 6.81. The standard InChI is InChI=1S/C13H25N3O4/c1-5-16(4)12(19)10(3)15-13(20)14-9(2)7-6-8-11(17)18/h9-10H,5-8H2,1-4H3,(H,17,18)(H2,14,15,20). The van der Waals surface area contributed by atoms with Gasteiger partial charge in [-0.05, 0) is 33.6 Å². The Labute approximate surface area is 119 Å². The Morgan fingerprint density at radius 2 is 1.80 bits per heavy atom. The van der Waals surface area contributed by atoms with Crippen molar-refractivity contribution < 1.29 is 19.5 Å². The van der Waals surface area contributed by atoms with E-state index in [0.29, 0.717) is 19.4 Å². The van der Waals surface area contributed by atoms with Crippen LogP contribution in [0.15, 0.2) is 0 Å². The molecule has 0 saturated carbocycles. The zero-order valence-electron chi connectivity index (χ0n) is 12.6. The summed E-state index contributed by atoms with van der Waals surface area (Å²) in [7, 11) is 1.67. The second-order valence-electron chi connectivity index (χ2n) is 4.88. The van der Waals surface area contributed by atoms with Crippen molar-refractivity contribution in [1.82, 2.24) is 15.5 Å². The Bertz CT molecular complexity index is 347. The normalized spacial score (nSPS) is 13.2. The molecular formula is C13H25N3O4. The van der Waals surface area contributed by atoms with Gasteiger partial charge >= 0.3 is 12.0 Å². The number of urea groups is 1. The van der Waals surface area contributed by atoms with E-state index in [1.54, 1.807) is 20.9 Å². The highest BCUT2D eigenvalue weighted by Crippen LogP contribution is 2.00. The molecule has 0 aliphatic carbocycles. The van der Waals surface area contributed by atoms with E-state index in [1.165, 1.54) is 4.90 Å². The molecule has 0 radical (unpaired) electrons. The first-order valence-corrected chi connectivity index (χ1v) is 6.81. The second-order valence-corrected chi connectivity index (χ2v) is 4.88. The summed E-state index contributed by atoms with van der Waals surface area (Å²) in [6.07, 6.45) is 1.17. The molecule has 0 rings (SSSR count). The number of carboxylic acids is 1. The number of nitrogens with zero attached hydrogens (tertiary/aromatic N) is 1. The topological polar surface area (TPSA) is 98.7 Å². The van der Waals surface area contributed by atoms with E-state index in [2.05, 4.69) is 10.6 Å². The zero-order chi connectivity index (χ0) is 15.7. The Kier molecular flexibility index (Phi) is 8.35. The summed E-state index contributed by atoms with van der Waals surface area (Å²) in [6.45, 7) is 5.86. The maximum Gasteiger partial charge on any atom is 0.315 e. The van der Waals surface area contributed by atoms with Crippen molar-refractivity contribution >= 4 is 17.9 Å². The second kappa shape index (κ2) is 9.17. The van der Waals surface area contributed by atoms with Crippen molar-refractivity contribution in [2.75, 3.05) is 13.6 Å². The van der Waals surface area contributed by atoms with Crippen LogP contribution in [0.4, 0.5) is 4.79 Å². The number of rotatable bonds is 8. The lowest BCUT2D eigenvalue weighted by molar-refractivity contribution is -0.137. The fraction of sp³-hybridized carbons (Fsp3) is 0.769. The summed E-state index contributed by atoms with van der Waals surface area (Å²) < 4.78 is 0. The van der Waals surface area contributed by atoms with E-state index in [0.717, 1.165) is 0 Å². The molecule has 116 valence electrons. The highest BCUT2D eigenvalue weighted by molar-refractivity contribution is 5.86. The van der Waals surface area contributed by atoms with E-state index in [1.807, 2.05) is 6.92 Å². The Morgan fingerprint density at radius 3 is 2.30 bits per heavy atom. The molecule has 3 amide bonds. The van der Waals surface area contributed by atoms with Crippen molar-refractivity contribution in [1.29, 1.82) is 0 Å².